The summed E-state index contributed by atoms with van der Waals surface area (Å²) >= 11 is 0. The Balaban J connectivity index is 0.000000771. The maximum Gasteiger partial charge on any atom is 0.317 e. The first kappa shape index (κ1) is 15.2. The Kier molecular flexibility index (Phi) is 5.88. The van der Waals surface area contributed by atoms with Crippen LogP contribution in [0.15, 0.2) is 0 Å². The lowest BCUT2D eigenvalue weighted by atomic mass is 9.92. The van der Waals surface area contributed by atoms with E-state index in [9.17, 15) is 4.79 Å². The molecule has 2 rings (SSSR count). The second-order valence-electron chi connectivity index (χ2n) is 4.93. The van der Waals surface area contributed by atoms with Gasteiger partial charge in [0.25, 0.3) is 0 Å². The number of nitrogens with one attached hydrogen (secondary N) is 1. The van der Waals surface area contributed by atoms with Gasteiger partial charge in [-0.2, -0.15) is 0 Å². The molecule has 0 radical (unpaired) electrons. The van der Waals surface area contributed by atoms with Crippen LogP contribution in [0.4, 0.5) is 4.79 Å². The van der Waals surface area contributed by atoms with E-state index in [1.54, 1.807) is 7.11 Å². The first-order chi connectivity index (χ1) is 8.65. The van der Waals surface area contributed by atoms with Gasteiger partial charge in [-0.25, -0.2) is 4.79 Å². The molecule has 2 fully saturated rings. The normalized spacial score (nSPS) is 28.0. The van der Waals surface area contributed by atoms with Crippen molar-refractivity contribution in [3.05, 3.63) is 0 Å². The second-order valence-corrected chi connectivity index (χ2v) is 4.93. The van der Waals surface area contributed by atoms with Gasteiger partial charge in [-0.05, 0) is 19.9 Å². The number of urea groups is 1. The van der Waals surface area contributed by atoms with Crippen molar-refractivity contribution < 1.29 is 9.53 Å². The van der Waals surface area contributed by atoms with Crippen molar-refractivity contribution in [1.82, 2.24) is 15.1 Å². The first-order valence-corrected chi connectivity index (χ1v) is 6.90. The van der Waals surface area contributed by atoms with Gasteiger partial charge in [0.2, 0.25) is 0 Å². The Morgan fingerprint density at radius 1 is 1.33 bits per heavy atom. The minimum Gasteiger partial charge on any atom is -0.383 e. The van der Waals surface area contributed by atoms with E-state index in [4.69, 9.17) is 4.74 Å². The third-order valence-electron chi connectivity index (χ3n) is 3.63. The molecule has 5 nitrogen and oxygen atoms in total. The molecule has 0 aliphatic carbocycles. The number of methoxy groups -OCH3 is 1. The van der Waals surface area contributed by atoms with Crippen LogP contribution in [0, 0.1) is 0 Å². The summed E-state index contributed by atoms with van der Waals surface area (Å²) in [6.07, 6.45) is 2.13. The first-order valence-electron chi connectivity index (χ1n) is 6.90. The van der Waals surface area contributed by atoms with Crippen molar-refractivity contribution in [2.24, 2.45) is 0 Å². The molecule has 2 aliphatic rings. The summed E-state index contributed by atoms with van der Waals surface area (Å²) in [6, 6.07) is 0.0681. The SMILES string of the molecule is CC.COCCN1CCC2(CCN(C)C2)NC1=O. The minimum absolute atomic E-state index is 0.0371. The zero-order valence-corrected chi connectivity index (χ0v) is 12.2. The highest BCUT2D eigenvalue weighted by Gasteiger charge is 2.42. The Morgan fingerprint density at radius 3 is 2.50 bits per heavy atom. The average Bonchev–Trinajstić information content (AvgIpc) is 2.72. The number of carbonyl (C=O) groups excluding carboxylic acids is 1. The zero-order valence-electron chi connectivity index (χ0n) is 12.2. The summed E-state index contributed by atoms with van der Waals surface area (Å²) in [5, 5.41) is 3.17. The number of likely N-dealkylation sites (N-methyl/N-ethyl adjacent to an activating group) is 1. The number of amides is 2. The number of hydrogen-bond acceptors (Lipinski definition) is 3. The molecule has 1 unspecified atom stereocenters. The highest BCUT2D eigenvalue weighted by Crippen LogP contribution is 2.27. The predicted molar refractivity (Wildman–Crippen MR) is 72.8 cm³/mol. The zero-order chi connectivity index (χ0) is 13.6. The van der Waals surface area contributed by atoms with Gasteiger partial charge < -0.3 is 19.9 Å². The van der Waals surface area contributed by atoms with E-state index < -0.39 is 0 Å². The van der Waals surface area contributed by atoms with Crippen LogP contribution in [-0.4, -0.2) is 68.3 Å². The fourth-order valence-electron chi connectivity index (χ4n) is 2.62. The van der Waals surface area contributed by atoms with Crippen LogP contribution in [0.5, 0.6) is 0 Å². The third kappa shape index (κ3) is 3.59. The van der Waals surface area contributed by atoms with Crippen LogP contribution in [0.3, 0.4) is 0 Å². The fraction of sp³-hybridized carbons (Fsp3) is 0.923. The third-order valence-corrected chi connectivity index (χ3v) is 3.63. The molecule has 1 spiro atoms. The van der Waals surface area contributed by atoms with Crippen molar-refractivity contribution in [2.45, 2.75) is 32.2 Å². The number of likely N-dealkylation sites (tertiary alicyclic amines) is 1. The molecule has 2 saturated heterocycles. The molecule has 1 atom stereocenters. The predicted octanol–water partition coefficient (Wildman–Crippen LogP) is 1.15. The number of carbonyl (C=O) groups is 1. The molecule has 2 aliphatic heterocycles. The van der Waals surface area contributed by atoms with Gasteiger partial charge in [-0.3, -0.25) is 0 Å². The highest BCUT2D eigenvalue weighted by atomic mass is 16.5. The molecular weight excluding hydrogens is 230 g/mol. The Hall–Kier alpha value is -0.810. The number of hydrogen-bond donors (Lipinski definition) is 1. The largest absolute Gasteiger partial charge is 0.383 e. The molecule has 2 amide bonds. The Labute approximate surface area is 110 Å². The van der Waals surface area contributed by atoms with Gasteiger partial charge in [0.05, 0.1) is 12.1 Å². The van der Waals surface area contributed by atoms with E-state index >= 15 is 0 Å². The maximum atomic E-state index is 11.9. The molecule has 1 N–H and O–H groups in total. The summed E-state index contributed by atoms with van der Waals surface area (Å²) in [5.41, 5.74) is 0.0371. The molecule has 5 heteroatoms. The highest BCUT2D eigenvalue weighted by molar-refractivity contribution is 5.76. The van der Waals surface area contributed by atoms with Crippen molar-refractivity contribution in [2.75, 3.05) is 46.9 Å². The van der Waals surface area contributed by atoms with Crippen molar-refractivity contribution in [1.29, 1.82) is 0 Å². The Morgan fingerprint density at radius 2 is 2.00 bits per heavy atom. The standard InChI is InChI=1S/C11H21N3O2.C2H6/c1-13-5-3-11(9-13)4-6-14(7-8-16-2)10(15)12-11;1-2/h3-9H2,1-2H3,(H,12,15);1-2H3. The summed E-state index contributed by atoms with van der Waals surface area (Å²) in [7, 11) is 3.77. The number of nitrogens with zero attached hydrogens (tertiary/aromatic N) is 2. The van der Waals surface area contributed by atoms with Gasteiger partial charge >= 0.3 is 6.03 Å². The van der Waals surface area contributed by atoms with Gasteiger partial charge in [0.1, 0.15) is 0 Å². The van der Waals surface area contributed by atoms with Crippen LogP contribution in [0.25, 0.3) is 0 Å². The Bertz CT molecular complexity index is 273. The molecule has 0 aromatic rings. The van der Waals surface area contributed by atoms with E-state index in [0.717, 1.165) is 32.5 Å². The molecule has 18 heavy (non-hydrogen) atoms. The maximum absolute atomic E-state index is 11.9. The van der Waals surface area contributed by atoms with E-state index in [-0.39, 0.29) is 11.6 Å². The van der Waals surface area contributed by atoms with Gasteiger partial charge in [0.15, 0.2) is 0 Å². The lowest BCUT2D eigenvalue weighted by Crippen LogP contribution is -2.61. The quantitative estimate of drug-likeness (QED) is 0.825. The molecule has 0 aromatic heterocycles. The van der Waals surface area contributed by atoms with Crippen LogP contribution >= 0.6 is 0 Å². The van der Waals surface area contributed by atoms with Gasteiger partial charge in [-0.1, -0.05) is 13.8 Å². The van der Waals surface area contributed by atoms with Crippen LogP contribution in [-0.2, 0) is 4.74 Å². The molecule has 0 aromatic carbocycles. The molecule has 0 bridgehead atoms. The van der Waals surface area contributed by atoms with E-state index in [0.29, 0.717) is 13.2 Å². The van der Waals surface area contributed by atoms with Crippen molar-refractivity contribution in [3.63, 3.8) is 0 Å². The van der Waals surface area contributed by atoms with Crippen LogP contribution in [0.1, 0.15) is 26.7 Å². The van der Waals surface area contributed by atoms with Gasteiger partial charge in [0, 0.05) is 33.3 Å². The number of rotatable bonds is 3. The van der Waals surface area contributed by atoms with Crippen molar-refractivity contribution >= 4 is 6.03 Å². The summed E-state index contributed by atoms with van der Waals surface area (Å²) in [6.45, 7) is 8.22. The molecule has 106 valence electrons. The molecule has 0 saturated carbocycles. The minimum atomic E-state index is 0.0371. The van der Waals surface area contributed by atoms with E-state index in [2.05, 4.69) is 17.3 Å². The smallest absolute Gasteiger partial charge is 0.317 e. The van der Waals surface area contributed by atoms with E-state index in [1.807, 2.05) is 18.7 Å². The fourth-order valence-corrected chi connectivity index (χ4v) is 2.62. The monoisotopic (exact) mass is 257 g/mol. The van der Waals surface area contributed by atoms with Gasteiger partial charge in [-0.15, -0.1) is 0 Å². The lowest BCUT2D eigenvalue weighted by Gasteiger charge is -2.40. The lowest BCUT2D eigenvalue weighted by molar-refractivity contribution is 0.118. The summed E-state index contributed by atoms with van der Waals surface area (Å²) in [5.74, 6) is 0. The van der Waals surface area contributed by atoms with Crippen LogP contribution in [0.2, 0.25) is 0 Å². The summed E-state index contributed by atoms with van der Waals surface area (Å²) in [4.78, 5) is 16.0. The topological polar surface area (TPSA) is 44.8 Å². The number of ether oxygens (including phenoxy) is 1. The molecule has 2 heterocycles. The average molecular weight is 257 g/mol. The van der Waals surface area contributed by atoms with E-state index in [1.165, 1.54) is 0 Å². The second kappa shape index (κ2) is 6.95. The summed E-state index contributed by atoms with van der Waals surface area (Å²) < 4.78 is 5.00. The molecular formula is C13H27N3O2. The van der Waals surface area contributed by atoms with Crippen molar-refractivity contribution in [3.8, 4) is 0 Å². The van der Waals surface area contributed by atoms with Crippen LogP contribution < -0.4 is 5.32 Å².